The van der Waals surface area contributed by atoms with Crippen LogP contribution in [-0.2, 0) is 9.53 Å². The molecule has 2 aliphatic heterocycles. The average molecular weight is 556 g/mol. The third kappa shape index (κ3) is 5.11. The second-order valence-corrected chi connectivity index (χ2v) is 10.9. The Bertz CT molecular complexity index is 1470. The summed E-state index contributed by atoms with van der Waals surface area (Å²) >= 11 is 12.8. The molecule has 5 rings (SSSR count). The van der Waals surface area contributed by atoms with Crippen LogP contribution in [0, 0.1) is 6.92 Å². The van der Waals surface area contributed by atoms with E-state index in [1.165, 1.54) is 16.7 Å². The number of benzene rings is 1. The average Bonchev–Trinajstić information content (AvgIpc) is 3.16. The first kappa shape index (κ1) is 25.7. The molecule has 11 heteroatoms. The number of pyridine rings is 1. The van der Waals surface area contributed by atoms with Crippen LogP contribution in [0.5, 0.6) is 0 Å². The summed E-state index contributed by atoms with van der Waals surface area (Å²) < 4.78 is 7.11. The number of thiocarbonyl (C=S) groups is 1. The van der Waals surface area contributed by atoms with Crippen molar-refractivity contribution in [2.45, 2.75) is 6.92 Å². The number of aromatic nitrogens is 2. The molecule has 192 valence electrons. The predicted octanol–water partition coefficient (Wildman–Crippen LogP) is 3.83. The van der Waals surface area contributed by atoms with Crippen molar-refractivity contribution in [3.8, 4) is 0 Å². The largest absolute Gasteiger partial charge is 0.383 e. The maximum atomic E-state index is 13.7. The minimum atomic E-state index is -0.225. The number of hydrogen-bond donors (Lipinski definition) is 0. The number of anilines is 2. The van der Waals surface area contributed by atoms with Gasteiger partial charge in [0.1, 0.15) is 15.8 Å². The highest BCUT2D eigenvalue weighted by atomic mass is 35.5. The number of thioether (sulfide) groups is 1. The molecule has 0 aliphatic carbocycles. The number of amides is 1. The molecule has 2 saturated heterocycles. The summed E-state index contributed by atoms with van der Waals surface area (Å²) in [5, 5.41) is 0.699. The lowest BCUT2D eigenvalue weighted by Gasteiger charge is -2.37. The van der Waals surface area contributed by atoms with E-state index in [0.717, 1.165) is 24.3 Å². The fourth-order valence-corrected chi connectivity index (χ4v) is 6.00. The van der Waals surface area contributed by atoms with Crippen molar-refractivity contribution in [1.82, 2.24) is 14.3 Å². The van der Waals surface area contributed by atoms with Gasteiger partial charge in [0.15, 0.2) is 0 Å². The lowest BCUT2D eigenvalue weighted by atomic mass is 10.2. The summed E-state index contributed by atoms with van der Waals surface area (Å²) in [5.41, 5.74) is 2.73. The summed E-state index contributed by atoms with van der Waals surface area (Å²) in [4.78, 5) is 38.1. The normalized spacial score (nSPS) is 17.5. The fraction of sp³-hybridized carbons (Fsp3) is 0.308. The molecule has 3 aromatic rings. The summed E-state index contributed by atoms with van der Waals surface area (Å²) in [6.45, 7) is 5.49. The Morgan fingerprint density at radius 3 is 2.62 bits per heavy atom. The van der Waals surface area contributed by atoms with Crippen LogP contribution in [0.1, 0.15) is 11.1 Å². The minimum absolute atomic E-state index is 0.219. The maximum Gasteiger partial charge on any atom is 0.267 e. The molecule has 2 aliphatic rings. The third-order valence-electron chi connectivity index (χ3n) is 6.48. The SMILES string of the molecule is COCCN1C(=O)/C(=C/c2c(N3CCN(c4cccc(Cl)c4)CC3)nc3c(C)cccn3c2=O)SC1=S. The van der Waals surface area contributed by atoms with Gasteiger partial charge >= 0.3 is 0 Å². The molecule has 2 fully saturated rings. The number of fused-ring (bicyclic) bond motifs is 1. The van der Waals surface area contributed by atoms with E-state index >= 15 is 0 Å². The first-order valence-electron chi connectivity index (χ1n) is 11.9. The van der Waals surface area contributed by atoms with Gasteiger partial charge in [-0.25, -0.2) is 4.98 Å². The van der Waals surface area contributed by atoms with Crippen LogP contribution in [0.3, 0.4) is 0 Å². The van der Waals surface area contributed by atoms with Crippen LogP contribution < -0.4 is 15.4 Å². The van der Waals surface area contributed by atoms with Gasteiger partial charge in [0.05, 0.1) is 23.6 Å². The number of aryl methyl sites for hydroxylation is 1. The first-order valence-corrected chi connectivity index (χ1v) is 13.5. The van der Waals surface area contributed by atoms with Gasteiger partial charge in [-0.05, 0) is 42.8 Å². The molecule has 1 aromatic carbocycles. The third-order valence-corrected chi connectivity index (χ3v) is 8.10. The summed E-state index contributed by atoms with van der Waals surface area (Å²) in [6, 6.07) is 11.6. The van der Waals surface area contributed by atoms with Gasteiger partial charge in [-0.1, -0.05) is 47.7 Å². The van der Waals surface area contributed by atoms with Crippen molar-refractivity contribution < 1.29 is 9.53 Å². The summed E-state index contributed by atoms with van der Waals surface area (Å²) in [6.07, 6.45) is 3.36. The second-order valence-electron chi connectivity index (χ2n) is 8.82. The molecule has 37 heavy (non-hydrogen) atoms. The van der Waals surface area contributed by atoms with E-state index in [0.29, 0.717) is 57.5 Å². The highest BCUT2D eigenvalue weighted by Crippen LogP contribution is 2.34. The quantitative estimate of drug-likeness (QED) is 0.336. The van der Waals surface area contributed by atoms with Crippen LogP contribution in [0.25, 0.3) is 11.7 Å². The molecule has 8 nitrogen and oxygen atoms in total. The van der Waals surface area contributed by atoms with Crippen LogP contribution in [-0.4, -0.2) is 71.0 Å². The van der Waals surface area contributed by atoms with Crippen LogP contribution in [0.4, 0.5) is 11.5 Å². The number of halogens is 1. The molecular weight excluding hydrogens is 530 g/mol. The van der Waals surface area contributed by atoms with E-state index < -0.39 is 0 Å². The topological polar surface area (TPSA) is 70.4 Å². The van der Waals surface area contributed by atoms with Gasteiger partial charge < -0.3 is 14.5 Å². The number of piperazine rings is 1. The number of carbonyl (C=O) groups excluding carboxylic acids is 1. The Morgan fingerprint density at radius 1 is 1.14 bits per heavy atom. The van der Waals surface area contributed by atoms with E-state index in [-0.39, 0.29) is 11.5 Å². The van der Waals surface area contributed by atoms with Crippen LogP contribution in [0.15, 0.2) is 52.3 Å². The molecule has 4 heterocycles. The molecular formula is C26H26ClN5O3S2. The molecule has 0 radical (unpaired) electrons. The number of carbonyl (C=O) groups is 1. The number of methoxy groups -OCH3 is 1. The molecule has 2 aromatic heterocycles. The lowest BCUT2D eigenvalue weighted by Crippen LogP contribution is -2.47. The lowest BCUT2D eigenvalue weighted by molar-refractivity contribution is -0.122. The van der Waals surface area contributed by atoms with Crippen LogP contribution in [0.2, 0.25) is 5.02 Å². The van der Waals surface area contributed by atoms with Gasteiger partial charge in [0.25, 0.3) is 11.5 Å². The van der Waals surface area contributed by atoms with Crippen molar-refractivity contribution in [3.63, 3.8) is 0 Å². The molecule has 0 bridgehead atoms. The summed E-state index contributed by atoms with van der Waals surface area (Å²) in [7, 11) is 1.58. The maximum absolute atomic E-state index is 13.7. The zero-order chi connectivity index (χ0) is 26.1. The van der Waals surface area contributed by atoms with Gasteiger partial charge in [0.2, 0.25) is 0 Å². The van der Waals surface area contributed by atoms with Gasteiger partial charge in [-0.15, -0.1) is 0 Å². The van der Waals surface area contributed by atoms with E-state index in [2.05, 4.69) is 9.80 Å². The van der Waals surface area contributed by atoms with Gasteiger partial charge in [-0.2, -0.15) is 0 Å². The molecule has 1 amide bonds. The van der Waals surface area contributed by atoms with Crippen molar-refractivity contribution in [1.29, 1.82) is 0 Å². The van der Waals surface area contributed by atoms with Gasteiger partial charge in [0, 0.05) is 50.2 Å². The highest BCUT2D eigenvalue weighted by Gasteiger charge is 2.33. The smallest absolute Gasteiger partial charge is 0.267 e. The minimum Gasteiger partial charge on any atom is -0.383 e. The Labute approximate surface area is 229 Å². The monoisotopic (exact) mass is 555 g/mol. The Hall–Kier alpha value is -2.92. The molecule has 0 N–H and O–H groups in total. The van der Waals surface area contributed by atoms with Crippen molar-refractivity contribution in [3.05, 3.63) is 74.0 Å². The Morgan fingerprint density at radius 2 is 1.89 bits per heavy atom. The van der Waals surface area contributed by atoms with Crippen molar-refractivity contribution in [2.75, 3.05) is 56.2 Å². The van der Waals surface area contributed by atoms with Crippen LogP contribution >= 0.6 is 35.6 Å². The second kappa shape index (κ2) is 10.8. The summed E-state index contributed by atoms with van der Waals surface area (Å²) in [5.74, 6) is 0.352. The van der Waals surface area contributed by atoms with E-state index in [9.17, 15) is 9.59 Å². The van der Waals surface area contributed by atoms with E-state index in [1.807, 2.05) is 43.3 Å². The van der Waals surface area contributed by atoms with Crippen molar-refractivity contribution >= 4 is 69.0 Å². The number of rotatable bonds is 6. The number of ether oxygens (including phenoxy) is 1. The Balaban J connectivity index is 1.52. The Kier molecular flexibility index (Phi) is 7.52. The van der Waals surface area contributed by atoms with Gasteiger partial charge in [-0.3, -0.25) is 18.9 Å². The fourth-order valence-electron chi connectivity index (χ4n) is 4.52. The van der Waals surface area contributed by atoms with Crippen molar-refractivity contribution in [2.24, 2.45) is 0 Å². The molecule has 0 spiro atoms. The molecule has 0 saturated carbocycles. The number of nitrogens with zero attached hydrogens (tertiary/aromatic N) is 5. The first-order chi connectivity index (χ1) is 17.9. The molecule has 0 unspecified atom stereocenters. The molecule has 0 atom stereocenters. The standard InChI is InChI=1S/C26H26ClN5O3S2/c1-17-5-4-8-31-22(17)28-23(30-11-9-29(10-12-30)19-7-3-6-18(27)15-19)20(24(31)33)16-21-25(34)32(13-14-35-2)26(36)37-21/h3-8,15-16H,9-14H2,1-2H3/b21-16-. The highest BCUT2D eigenvalue weighted by molar-refractivity contribution is 8.26. The zero-order valence-corrected chi connectivity index (χ0v) is 22.9. The zero-order valence-electron chi connectivity index (χ0n) is 20.5. The predicted molar refractivity (Wildman–Crippen MR) is 154 cm³/mol. The van der Waals surface area contributed by atoms with E-state index in [4.69, 9.17) is 33.5 Å². The number of hydrogen-bond acceptors (Lipinski definition) is 8. The van der Waals surface area contributed by atoms with E-state index in [1.54, 1.807) is 23.8 Å².